The maximum atomic E-state index is 12.9. The van der Waals surface area contributed by atoms with Crippen LogP contribution in [0.1, 0.15) is 303 Å². The molecule has 0 aliphatic carbocycles. The van der Waals surface area contributed by atoms with E-state index in [1.165, 1.54) is 109 Å². The summed E-state index contributed by atoms with van der Waals surface area (Å²) >= 11 is 0. The molecule has 6 nitrogen and oxygen atoms in total. The van der Waals surface area contributed by atoms with Gasteiger partial charge >= 0.3 is 17.9 Å². The maximum Gasteiger partial charge on any atom is 0.306 e. The lowest BCUT2D eigenvalue weighted by Crippen LogP contribution is -2.30. The Morgan fingerprint density at radius 3 is 0.807 bits per heavy atom. The van der Waals surface area contributed by atoms with Gasteiger partial charge < -0.3 is 14.2 Å². The Balaban J connectivity index is 4.40. The lowest BCUT2D eigenvalue weighted by atomic mass is 10.1. The predicted molar refractivity (Wildman–Crippen MR) is 362 cm³/mol. The lowest BCUT2D eigenvalue weighted by molar-refractivity contribution is -0.167. The summed E-state index contributed by atoms with van der Waals surface area (Å²) in [6, 6.07) is 0. The van der Waals surface area contributed by atoms with Crippen LogP contribution in [0.15, 0.2) is 146 Å². The van der Waals surface area contributed by atoms with E-state index in [9.17, 15) is 14.4 Å². The molecule has 1 atom stereocenters. The van der Waals surface area contributed by atoms with E-state index < -0.39 is 6.10 Å². The summed E-state index contributed by atoms with van der Waals surface area (Å²) in [5.74, 6) is -0.946. The van der Waals surface area contributed by atoms with Crippen LogP contribution in [-0.2, 0) is 28.6 Å². The highest BCUT2D eigenvalue weighted by molar-refractivity contribution is 5.71. The second-order valence-corrected chi connectivity index (χ2v) is 22.3. The fraction of sp³-hybridized carbons (Fsp3) is 0.649. The zero-order valence-corrected chi connectivity index (χ0v) is 53.9. The van der Waals surface area contributed by atoms with E-state index in [1.54, 1.807) is 0 Å². The topological polar surface area (TPSA) is 78.9 Å². The largest absolute Gasteiger partial charge is 0.462 e. The van der Waals surface area contributed by atoms with Gasteiger partial charge in [0.1, 0.15) is 13.2 Å². The van der Waals surface area contributed by atoms with Crippen molar-refractivity contribution < 1.29 is 28.6 Å². The highest BCUT2D eigenvalue weighted by atomic mass is 16.6. The van der Waals surface area contributed by atoms with Gasteiger partial charge in [-0.2, -0.15) is 0 Å². The van der Waals surface area contributed by atoms with Crippen molar-refractivity contribution >= 4 is 17.9 Å². The molecular weight excluding hydrogens is 1020 g/mol. The molecule has 6 heteroatoms. The van der Waals surface area contributed by atoms with E-state index in [0.717, 1.165) is 154 Å². The monoisotopic (exact) mass is 1150 g/mol. The number of hydrogen-bond acceptors (Lipinski definition) is 6. The minimum atomic E-state index is -0.806. The quantitative estimate of drug-likeness (QED) is 0.0261. The molecule has 0 radical (unpaired) electrons. The third kappa shape index (κ3) is 68.0. The van der Waals surface area contributed by atoms with Crippen LogP contribution in [0.5, 0.6) is 0 Å². The molecule has 470 valence electrons. The Morgan fingerprint density at radius 1 is 0.253 bits per heavy atom. The molecule has 0 amide bonds. The molecule has 1 unspecified atom stereocenters. The fourth-order valence-electron chi connectivity index (χ4n) is 9.17. The SMILES string of the molecule is CC/C=C\C/C=C\C/C=C\C/C=C\C/C=C\C/C=C\C/C=C\C/C=C\C/C=C\CCCCCC(=O)OCC(COC(=O)CCCCCCC/C=C\C/C=C\CCC)OC(=O)CCCCCCCCCCC/C=C\CCCCCCCCCC. The molecule has 0 N–H and O–H groups in total. The highest BCUT2D eigenvalue weighted by Crippen LogP contribution is 2.15. The van der Waals surface area contributed by atoms with Crippen LogP contribution in [0.25, 0.3) is 0 Å². The van der Waals surface area contributed by atoms with Gasteiger partial charge in [-0.1, -0.05) is 289 Å². The fourth-order valence-corrected chi connectivity index (χ4v) is 9.17. The van der Waals surface area contributed by atoms with Crippen LogP contribution in [0.2, 0.25) is 0 Å². The van der Waals surface area contributed by atoms with Crippen molar-refractivity contribution in [2.24, 2.45) is 0 Å². The number of allylic oxidation sites excluding steroid dienone is 24. The van der Waals surface area contributed by atoms with Crippen LogP contribution >= 0.6 is 0 Å². The number of carbonyl (C=O) groups is 3. The molecule has 83 heavy (non-hydrogen) atoms. The molecule has 0 spiro atoms. The molecule has 0 aliphatic heterocycles. The van der Waals surface area contributed by atoms with Crippen LogP contribution in [0, 0.1) is 0 Å². The zero-order chi connectivity index (χ0) is 59.9. The molecule has 0 aromatic carbocycles. The van der Waals surface area contributed by atoms with Crippen molar-refractivity contribution in [1.82, 2.24) is 0 Å². The van der Waals surface area contributed by atoms with E-state index in [4.69, 9.17) is 14.2 Å². The third-order valence-electron chi connectivity index (χ3n) is 14.3. The zero-order valence-electron chi connectivity index (χ0n) is 53.9. The molecule has 0 heterocycles. The number of unbranched alkanes of at least 4 members (excludes halogenated alkanes) is 26. The standard InChI is InChI=1S/C77H126O6/c1-4-7-10-13-16-19-22-25-27-29-31-33-34-35-36-37-38-39-40-41-42-44-45-47-49-52-55-58-61-64-67-70-76(79)82-73-74(72-81-75(78)69-66-63-60-57-54-51-24-21-18-15-12-9-6-3)83-77(80)71-68-65-62-59-56-53-50-48-46-43-32-30-28-26-23-20-17-14-11-8-5-2/h7,10,12,15-16,19,21,24-25,27,30-33,35-36,38-39,41-42,45,47,52,55,74H,4-6,8-9,11,13-14,17-18,20,22-23,26,28-29,34,37,40,43-44,46,48-51,53-54,56-73H2,1-3H3/b10-7-,15-12-,19-16-,24-21-,27-25-,32-30-,33-31-,36-35-,39-38-,42-41-,47-45-,55-52-. The summed E-state index contributed by atoms with van der Waals surface area (Å²) in [7, 11) is 0. The minimum Gasteiger partial charge on any atom is -0.462 e. The number of rotatable bonds is 61. The summed E-state index contributed by atoms with van der Waals surface area (Å²) in [4.78, 5) is 38.4. The molecular formula is C77H126O6. The van der Waals surface area contributed by atoms with Gasteiger partial charge in [-0.05, 0) is 141 Å². The second-order valence-electron chi connectivity index (χ2n) is 22.3. The van der Waals surface area contributed by atoms with Gasteiger partial charge in [0.2, 0.25) is 0 Å². The first-order valence-electron chi connectivity index (χ1n) is 34.3. The number of carbonyl (C=O) groups excluding carboxylic acids is 3. The molecule has 0 aliphatic rings. The molecule has 0 saturated heterocycles. The molecule has 0 bridgehead atoms. The van der Waals surface area contributed by atoms with E-state index >= 15 is 0 Å². The summed E-state index contributed by atoms with van der Waals surface area (Å²) in [6.07, 6.45) is 100. The first kappa shape index (κ1) is 78.3. The normalized spacial score (nSPS) is 13.0. The maximum absolute atomic E-state index is 12.9. The summed E-state index contributed by atoms with van der Waals surface area (Å²) in [5, 5.41) is 0. The van der Waals surface area contributed by atoms with Crippen molar-refractivity contribution in [2.45, 2.75) is 309 Å². The molecule has 0 saturated carbocycles. The first-order valence-corrected chi connectivity index (χ1v) is 34.3. The average molecular weight is 1150 g/mol. The van der Waals surface area contributed by atoms with Gasteiger partial charge in [0, 0.05) is 19.3 Å². The van der Waals surface area contributed by atoms with Gasteiger partial charge in [0.05, 0.1) is 0 Å². The van der Waals surface area contributed by atoms with Gasteiger partial charge in [-0.15, -0.1) is 0 Å². The van der Waals surface area contributed by atoms with Crippen molar-refractivity contribution in [3.05, 3.63) is 146 Å². The van der Waals surface area contributed by atoms with E-state index in [1.807, 2.05) is 0 Å². The van der Waals surface area contributed by atoms with E-state index in [0.29, 0.717) is 19.3 Å². The Labute approximate surface area is 512 Å². The van der Waals surface area contributed by atoms with Crippen molar-refractivity contribution in [2.75, 3.05) is 13.2 Å². The van der Waals surface area contributed by atoms with E-state index in [2.05, 4.69) is 167 Å². The Morgan fingerprint density at radius 2 is 0.494 bits per heavy atom. The van der Waals surface area contributed by atoms with Crippen molar-refractivity contribution in [3.63, 3.8) is 0 Å². The second kappa shape index (κ2) is 69.8. The molecule has 0 rings (SSSR count). The Hall–Kier alpha value is -4.71. The Kier molecular flexibility index (Phi) is 65.8. The van der Waals surface area contributed by atoms with E-state index in [-0.39, 0.29) is 31.1 Å². The molecule has 0 aromatic rings. The molecule has 0 aromatic heterocycles. The van der Waals surface area contributed by atoms with Gasteiger partial charge in [-0.25, -0.2) is 0 Å². The average Bonchev–Trinajstić information content (AvgIpc) is 3.49. The summed E-state index contributed by atoms with van der Waals surface area (Å²) in [6.45, 7) is 6.43. The van der Waals surface area contributed by atoms with Gasteiger partial charge in [0.15, 0.2) is 6.10 Å². The third-order valence-corrected chi connectivity index (χ3v) is 14.3. The van der Waals surface area contributed by atoms with Gasteiger partial charge in [0.25, 0.3) is 0 Å². The van der Waals surface area contributed by atoms with Crippen molar-refractivity contribution in [3.8, 4) is 0 Å². The molecule has 0 fully saturated rings. The van der Waals surface area contributed by atoms with Crippen LogP contribution in [0.3, 0.4) is 0 Å². The van der Waals surface area contributed by atoms with Gasteiger partial charge in [-0.3, -0.25) is 14.4 Å². The number of hydrogen-bond donors (Lipinski definition) is 0. The lowest BCUT2D eigenvalue weighted by Gasteiger charge is -2.18. The number of ether oxygens (including phenoxy) is 3. The van der Waals surface area contributed by atoms with Crippen molar-refractivity contribution in [1.29, 1.82) is 0 Å². The minimum absolute atomic E-state index is 0.100. The smallest absolute Gasteiger partial charge is 0.306 e. The van der Waals surface area contributed by atoms with Crippen LogP contribution in [-0.4, -0.2) is 37.2 Å². The van der Waals surface area contributed by atoms with Crippen LogP contribution in [0.4, 0.5) is 0 Å². The first-order chi connectivity index (χ1) is 41.0. The van der Waals surface area contributed by atoms with Crippen LogP contribution < -0.4 is 0 Å². The number of esters is 3. The highest BCUT2D eigenvalue weighted by Gasteiger charge is 2.19. The summed E-state index contributed by atoms with van der Waals surface area (Å²) in [5.41, 5.74) is 0. The predicted octanol–water partition coefficient (Wildman–Crippen LogP) is 23.9. The summed E-state index contributed by atoms with van der Waals surface area (Å²) < 4.78 is 16.9. The Bertz CT molecular complexity index is 1800.